The van der Waals surface area contributed by atoms with Gasteiger partial charge in [0.15, 0.2) is 0 Å². The summed E-state index contributed by atoms with van der Waals surface area (Å²) >= 11 is 12.0. The first kappa shape index (κ1) is 11.7. The van der Waals surface area contributed by atoms with Gasteiger partial charge in [-0.2, -0.15) is 0 Å². The van der Waals surface area contributed by atoms with E-state index in [1.54, 1.807) is 23.1 Å². The Morgan fingerprint density at radius 1 is 1.38 bits per heavy atom. The van der Waals surface area contributed by atoms with Gasteiger partial charge >= 0.3 is 0 Å². The maximum Gasteiger partial charge on any atom is 0.256 e. The quantitative estimate of drug-likeness (QED) is 0.840. The minimum Gasteiger partial charge on any atom is -0.337 e. The summed E-state index contributed by atoms with van der Waals surface area (Å²) in [4.78, 5) is 13.8. The van der Waals surface area contributed by atoms with Crippen LogP contribution in [0.25, 0.3) is 0 Å². The Kier molecular flexibility index (Phi) is 3.38. The number of hydrogen-bond donors (Lipinski definition) is 1. The minimum absolute atomic E-state index is 0.0604. The van der Waals surface area contributed by atoms with Crippen molar-refractivity contribution < 1.29 is 4.79 Å². The van der Waals surface area contributed by atoms with E-state index in [9.17, 15) is 4.79 Å². The van der Waals surface area contributed by atoms with Crippen molar-refractivity contribution in [1.29, 1.82) is 0 Å². The Hall–Kier alpha value is -0.770. The molecule has 86 valence electrons. The highest BCUT2D eigenvalue weighted by Gasteiger charge is 2.27. The van der Waals surface area contributed by atoms with E-state index in [-0.39, 0.29) is 11.9 Å². The van der Waals surface area contributed by atoms with Crippen molar-refractivity contribution >= 4 is 29.1 Å². The van der Waals surface area contributed by atoms with Crippen LogP contribution in [-0.4, -0.2) is 29.9 Å². The maximum absolute atomic E-state index is 12.1. The number of carbonyl (C=O) groups excluding carboxylic acids is 1. The molecule has 1 aromatic carbocycles. The van der Waals surface area contributed by atoms with Gasteiger partial charge in [0.1, 0.15) is 0 Å². The van der Waals surface area contributed by atoms with Crippen molar-refractivity contribution in [2.75, 3.05) is 13.1 Å². The van der Waals surface area contributed by atoms with Gasteiger partial charge in [-0.05, 0) is 18.6 Å². The van der Waals surface area contributed by atoms with Gasteiger partial charge in [-0.25, -0.2) is 0 Å². The highest BCUT2D eigenvalue weighted by atomic mass is 35.5. The summed E-state index contributed by atoms with van der Waals surface area (Å²) in [7, 11) is 0. The summed E-state index contributed by atoms with van der Waals surface area (Å²) in [5.41, 5.74) is 6.13. The minimum atomic E-state index is -0.136. The van der Waals surface area contributed by atoms with Gasteiger partial charge in [-0.3, -0.25) is 4.79 Å². The molecule has 2 N–H and O–H groups in total. The Morgan fingerprint density at radius 3 is 2.50 bits per heavy atom. The van der Waals surface area contributed by atoms with Gasteiger partial charge in [0.2, 0.25) is 0 Å². The molecular formula is C11H12Cl2N2O. The van der Waals surface area contributed by atoms with Gasteiger partial charge in [0.25, 0.3) is 5.91 Å². The molecule has 0 saturated carbocycles. The van der Waals surface area contributed by atoms with Gasteiger partial charge < -0.3 is 10.6 Å². The number of carbonyl (C=O) groups is 1. The molecule has 1 aromatic rings. The number of halogens is 2. The van der Waals surface area contributed by atoms with E-state index in [0.717, 1.165) is 6.42 Å². The number of amides is 1. The lowest BCUT2D eigenvalue weighted by Crippen LogP contribution is -2.32. The molecule has 0 radical (unpaired) electrons. The standard InChI is InChI=1S/C11H12Cl2N2O/c12-8-2-1-3-9(13)10(8)11(16)15-5-4-7(14)6-15/h1-3,7H,4-6,14H2/t7-/m1/s1. The molecule has 3 nitrogen and oxygen atoms in total. The van der Waals surface area contributed by atoms with E-state index in [1.165, 1.54) is 0 Å². The largest absolute Gasteiger partial charge is 0.337 e. The summed E-state index contributed by atoms with van der Waals surface area (Å²) in [6.45, 7) is 1.24. The fourth-order valence-electron chi connectivity index (χ4n) is 1.83. The molecule has 1 aliphatic rings. The molecule has 1 fully saturated rings. The van der Waals surface area contributed by atoms with E-state index in [0.29, 0.717) is 28.7 Å². The fourth-order valence-corrected chi connectivity index (χ4v) is 2.39. The smallest absolute Gasteiger partial charge is 0.256 e. The van der Waals surface area contributed by atoms with Gasteiger partial charge in [0.05, 0.1) is 15.6 Å². The molecule has 5 heteroatoms. The zero-order valence-electron chi connectivity index (χ0n) is 8.62. The van der Waals surface area contributed by atoms with E-state index in [2.05, 4.69) is 0 Å². The van der Waals surface area contributed by atoms with Crippen LogP contribution in [-0.2, 0) is 0 Å². The molecule has 0 spiro atoms. The second kappa shape index (κ2) is 4.62. The molecule has 0 bridgehead atoms. The van der Waals surface area contributed by atoms with Crippen LogP contribution >= 0.6 is 23.2 Å². The van der Waals surface area contributed by atoms with Crippen molar-refractivity contribution in [3.8, 4) is 0 Å². The predicted octanol–water partition coefficient (Wildman–Crippen LogP) is 2.17. The molecule has 1 amide bonds. The molecule has 2 rings (SSSR count). The first-order valence-corrected chi connectivity index (χ1v) is 5.84. The van der Waals surface area contributed by atoms with Gasteiger partial charge in [-0.1, -0.05) is 29.3 Å². The van der Waals surface area contributed by atoms with Crippen LogP contribution in [0.5, 0.6) is 0 Å². The Labute approximate surface area is 104 Å². The van der Waals surface area contributed by atoms with E-state index >= 15 is 0 Å². The zero-order chi connectivity index (χ0) is 11.7. The number of benzene rings is 1. The predicted molar refractivity (Wildman–Crippen MR) is 65.0 cm³/mol. The van der Waals surface area contributed by atoms with Crippen LogP contribution in [0.4, 0.5) is 0 Å². The van der Waals surface area contributed by atoms with Crippen molar-refractivity contribution in [3.63, 3.8) is 0 Å². The monoisotopic (exact) mass is 258 g/mol. The highest BCUT2D eigenvalue weighted by molar-refractivity contribution is 6.39. The highest BCUT2D eigenvalue weighted by Crippen LogP contribution is 2.26. The van der Waals surface area contributed by atoms with Crippen LogP contribution in [0.2, 0.25) is 10.0 Å². The average Bonchev–Trinajstić information content (AvgIpc) is 2.64. The van der Waals surface area contributed by atoms with E-state index in [1.807, 2.05) is 0 Å². The SMILES string of the molecule is N[C@@H]1CCN(C(=O)c2c(Cl)cccc2Cl)C1. The van der Waals surface area contributed by atoms with Gasteiger partial charge in [-0.15, -0.1) is 0 Å². The summed E-state index contributed by atoms with van der Waals surface area (Å²) in [5.74, 6) is -0.136. The second-order valence-electron chi connectivity index (χ2n) is 3.90. The molecule has 1 saturated heterocycles. The molecule has 0 aliphatic carbocycles. The lowest BCUT2D eigenvalue weighted by molar-refractivity contribution is 0.0791. The van der Waals surface area contributed by atoms with Crippen LogP contribution in [0.3, 0.4) is 0 Å². The summed E-state index contributed by atoms with van der Waals surface area (Å²) < 4.78 is 0. The third-order valence-corrected chi connectivity index (χ3v) is 3.32. The van der Waals surface area contributed by atoms with Crippen molar-refractivity contribution in [1.82, 2.24) is 4.90 Å². The number of nitrogens with zero attached hydrogens (tertiary/aromatic N) is 1. The Bertz CT molecular complexity index is 402. The van der Waals surface area contributed by atoms with Crippen LogP contribution in [0, 0.1) is 0 Å². The number of nitrogens with two attached hydrogens (primary N) is 1. The third kappa shape index (κ3) is 2.17. The maximum atomic E-state index is 12.1. The Balaban J connectivity index is 2.27. The molecular weight excluding hydrogens is 247 g/mol. The molecule has 1 aliphatic heterocycles. The molecule has 0 aromatic heterocycles. The van der Waals surface area contributed by atoms with Crippen molar-refractivity contribution in [3.05, 3.63) is 33.8 Å². The molecule has 0 unspecified atom stereocenters. The zero-order valence-corrected chi connectivity index (χ0v) is 10.1. The molecule has 16 heavy (non-hydrogen) atoms. The molecule has 1 atom stereocenters. The fraction of sp³-hybridized carbons (Fsp3) is 0.364. The molecule has 1 heterocycles. The lowest BCUT2D eigenvalue weighted by Gasteiger charge is -2.17. The number of likely N-dealkylation sites (tertiary alicyclic amines) is 1. The second-order valence-corrected chi connectivity index (χ2v) is 4.71. The lowest BCUT2D eigenvalue weighted by atomic mass is 10.2. The van der Waals surface area contributed by atoms with Crippen LogP contribution in [0.1, 0.15) is 16.8 Å². The number of rotatable bonds is 1. The van der Waals surface area contributed by atoms with Crippen LogP contribution < -0.4 is 5.73 Å². The third-order valence-electron chi connectivity index (χ3n) is 2.69. The van der Waals surface area contributed by atoms with E-state index < -0.39 is 0 Å². The normalized spacial score (nSPS) is 20.2. The topological polar surface area (TPSA) is 46.3 Å². The van der Waals surface area contributed by atoms with Crippen molar-refractivity contribution in [2.45, 2.75) is 12.5 Å². The average molecular weight is 259 g/mol. The van der Waals surface area contributed by atoms with E-state index in [4.69, 9.17) is 28.9 Å². The van der Waals surface area contributed by atoms with Crippen LogP contribution in [0.15, 0.2) is 18.2 Å². The number of hydrogen-bond acceptors (Lipinski definition) is 2. The van der Waals surface area contributed by atoms with Gasteiger partial charge in [0, 0.05) is 19.1 Å². The summed E-state index contributed by atoms with van der Waals surface area (Å²) in [6, 6.07) is 5.11. The summed E-state index contributed by atoms with van der Waals surface area (Å²) in [6.07, 6.45) is 0.827. The summed E-state index contributed by atoms with van der Waals surface area (Å²) in [5, 5.41) is 0.774. The first-order chi connectivity index (χ1) is 7.59. The first-order valence-electron chi connectivity index (χ1n) is 5.08. The van der Waals surface area contributed by atoms with Crippen molar-refractivity contribution in [2.24, 2.45) is 5.73 Å². The Morgan fingerprint density at radius 2 is 2.00 bits per heavy atom.